The highest BCUT2D eigenvalue weighted by atomic mass is 16.3. The lowest BCUT2D eigenvalue weighted by atomic mass is 9.79. The molecule has 116 valence electrons. The van der Waals surface area contributed by atoms with E-state index in [1.807, 2.05) is 39.0 Å². The Morgan fingerprint density at radius 2 is 1.32 bits per heavy atom. The summed E-state index contributed by atoms with van der Waals surface area (Å²) in [6, 6.07) is 7.66. The van der Waals surface area contributed by atoms with Gasteiger partial charge in [0.2, 0.25) is 0 Å². The number of aromatic hydroxyl groups is 2. The Labute approximate surface area is 133 Å². The van der Waals surface area contributed by atoms with E-state index in [0.717, 1.165) is 27.8 Å². The molecule has 0 aromatic heterocycles. The van der Waals surface area contributed by atoms with Crippen LogP contribution in [0.5, 0.6) is 11.5 Å². The first-order valence-electron chi connectivity index (χ1n) is 7.61. The maximum absolute atomic E-state index is 10.5. The fraction of sp³-hybridized carbons (Fsp3) is 0.350. The number of phenolic OH excluding ortho intramolecular Hbond substituents is 2. The van der Waals surface area contributed by atoms with Gasteiger partial charge >= 0.3 is 0 Å². The Balaban J connectivity index is 2.73. The van der Waals surface area contributed by atoms with Crippen molar-refractivity contribution in [1.82, 2.24) is 0 Å². The van der Waals surface area contributed by atoms with E-state index in [0.29, 0.717) is 11.3 Å². The normalized spacial score (nSPS) is 11.5. The first kappa shape index (κ1) is 16.4. The second kappa shape index (κ2) is 6.04. The monoisotopic (exact) mass is 296 g/mol. The van der Waals surface area contributed by atoms with E-state index in [1.165, 1.54) is 0 Å². The van der Waals surface area contributed by atoms with Gasteiger partial charge in [-0.1, -0.05) is 49.2 Å². The quantitative estimate of drug-likeness (QED) is 0.848. The first-order chi connectivity index (χ1) is 10.2. The molecule has 0 spiro atoms. The van der Waals surface area contributed by atoms with Crippen LogP contribution in [-0.2, 0) is 0 Å². The van der Waals surface area contributed by atoms with Crippen LogP contribution in [0.25, 0.3) is 0 Å². The molecule has 0 bridgehead atoms. The molecule has 2 aromatic carbocycles. The molecule has 0 aliphatic carbocycles. The number of phenols is 2. The summed E-state index contributed by atoms with van der Waals surface area (Å²) in [5.41, 5.74) is 4.93. The summed E-state index contributed by atoms with van der Waals surface area (Å²) in [5.74, 6) is 0.506. The molecule has 2 heteroatoms. The summed E-state index contributed by atoms with van der Waals surface area (Å²) in [5, 5.41) is 20.9. The Morgan fingerprint density at radius 1 is 0.818 bits per heavy atom. The van der Waals surface area contributed by atoms with Crippen molar-refractivity contribution in [1.29, 1.82) is 0 Å². The van der Waals surface area contributed by atoms with Gasteiger partial charge in [-0.2, -0.15) is 0 Å². The Morgan fingerprint density at radius 3 is 1.86 bits per heavy atom. The fourth-order valence-corrected chi connectivity index (χ4v) is 3.19. The molecule has 2 radical (unpaired) electrons. The van der Waals surface area contributed by atoms with Crippen molar-refractivity contribution in [3.8, 4) is 11.5 Å². The predicted octanol–water partition coefficient (Wildman–Crippen LogP) is 4.87. The van der Waals surface area contributed by atoms with Gasteiger partial charge < -0.3 is 10.2 Å². The zero-order valence-corrected chi connectivity index (χ0v) is 13.9. The fourth-order valence-electron chi connectivity index (χ4n) is 3.19. The molecule has 2 aromatic rings. The topological polar surface area (TPSA) is 40.5 Å². The summed E-state index contributed by atoms with van der Waals surface area (Å²) < 4.78 is 0. The van der Waals surface area contributed by atoms with Crippen molar-refractivity contribution >= 4 is 0 Å². The first-order valence-corrected chi connectivity index (χ1v) is 7.61. The lowest BCUT2D eigenvalue weighted by molar-refractivity contribution is 0.432. The molecule has 2 rings (SSSR count). The predicted molar refractivity (Wildman–Crippen MR) is 90.5 cm³/mol. The van der Waals surface area contributed by atoms with Gasteiger partial charge in [0.25, 0.3) is 0 Å². The smallest absolute Gasteiger partial charge is 0.122 e. The number of benzene rings is 2. The van der Waals surface area contributed by atoms with Crippen molar-refractivity contribution in [2.24, 2.45) is 5.92 Å². The molecule has 2 nitrogen and oxygen atoms in total. The van der Waals surface area contributed by atoms with Crippen LogP contribution in [0.15, 0.2) is 24.3 Å². The van der Waals surface area contributed by atoms with Crippen LogP contribution in [0.2, 0.25) is 0 Å². The van der Waals surface area contributed by atoms with Crippen molar-refractivity contribution < 1.29 is 10.2 Å². The van der Waals surface area contributed by atoms with Crippen LogP contribution in [-0.4, -0.2) is 10.2 Å². The van der Waals surface area contributed by atoms with E-state index in [2.05, 4.69) is 13.8 Å². The number of hydrogen-bond donors (Lipinski definition) is 2. The number of hydrogen-bond acceptors (Lipinski definition) is 2. The standard InChI is InChI=1S/C20H24O2/c1-11(2)18(16-9-12(3)7-14(5)19(16)21)17-10-13(4)8-15(6)20(17)22/h5,7-11,18,21-22H,1-4,6H3. The zero-order valence-electron chi connectivity index (χ0n) is 13.9. The third kappa shape index (κ3) is 2.96. The zero-order chi connectivity index (χ0) is 16.6. The molecule has 0 aliphatic heterocycles. The van der Waals surface area contributed by atoms with E-state index >= 15 is 0 Å². The van der Waals surface area contributed by atoms with Crippen LogP contribution in [0.4, 0.5) is 0 Å². The van der Waals surface area contributed by atoms with E-state index in [4.69, 9.17) is 6.92 Å². The van der Waals surface area contributed by atoms with Gasteiger partial charge in [0.05, 0.1) is 0 Å². The SMILES string of the molecule is [CH]c1cc(C)cc(C(c2cc(C)cc(C)c2O)C(C)C)c1O. The Kier molecular flexibility index (Phi) is 4.50. The maximum atomic E-state index is 10.5. The van der Waals surface area contributed by atoms with Crippen molar-refractivity contribution in [2.75, 3.05) is 0 Å². The average molecular weight is 296 g/mol. The summed E-state index contributed by atoms with van der Waals surface area (Å²) in [6.07, 6.45) is 0. The van der Waals surface area contributed by atoms with Gasteiger partial charge in [0.15, 0.2) is 0 Å². The van der Waals surface area contributed by atoms with Gasteiger partial charge in [0.1, 0.15) is 11.5 Å². The van der Waals surface area contributed by atoms with Crippen molar-refractivity contribution in [3.63, 3.8) is 0 Å². The van der Waals surface area contributed by atoms with Gasteiger partial charge in [-0.15, -0.1) is 0 Å². The Bertz CT molecular complexity index is 642. The lowest BCUT2D eigenvalue weighted by Crippen LogP contribution is -2.11. The molecular weight excluding hydrogens is 272 g/mol. The van der Waals surface area contributed by atoms with Crippen LogP contribution >= 0.6 is 0 Å². The van der Waals surface area contributed by atoms with Gasteiger partial charge in [-0.3, -0.25) is 0 Å². The highest BCUT2D eigenvalue weighted by molar-refractivity contribution is 5.54. The highest BCUT2D eigenvalue weighted by Gasteiger charge is 2.26. The molecule has 0 heterocycles. The van der Waals surface area contributed by atoms with E-state index in [-0.39, 0.29) is 17.6 Å². The lowest BCUT2D eigenvalue weighted by Gasteiger charge is -2.26. The van der Waals surface area contributed by atoms with Gasteiger partial charge in [-0.25, -0.2) is 0 Å². The largest absolute Gasteiger partial charge is 0.507 e. The average Bonchev–Trinajstić information content (AvgIpc) is 2.40. The molecular formula is C20H24O2. The highest BCUT2D eigenvalue weighted by Crippen LogP contribution is 2.43. The van der Waals surface area contributed by atoms with Crippen LogP contribution in [0, 0.1) is 33.6 Å². The van der Waals surface area contributed by atoms with Crippen molar-refractivity contribution in [3.05, 3.63) is 64.6 Å². The Hall–Kier alpha value is -1.96. The minimum atomic E-state index is -0.110. The minimum Gasteiger partial charge on any atom is -0.507 e. The summed E-state index contributed by atoms with van der Waals surface area (Å²) >= 11 is 0. The van der Waals surface area contributed by atoms with Crippen LogP contribution in [0.1, 0.15) is 53.1 Å². The summed E-state index contributed by atoms with van der Waals surface area (Å²) in [6.45, 7) is 16.0. The number of rotatable bonds is 3. The van der Waals surface area contributed by atoms with Gasteiger partial charge in [-0.05, 0) is 37.8 Å². The molecule has 2 N–H and O–H groups in total. The van der Waals surface area contributed by atoms with E-state index in [1.54, 1.807) is 6.07 Å². The second-order valence-corrected chi connectivity index (χ2v) is 6.53. The summed E-state index contributed by atoms with van der Waals surface area (Å²) in [7, 11) is 0. The minimum absolute atomic E-state index is 0.110. The van der Waals surface area contributed by atoms with E-state index in [9.17, 15) is 10.2 Å². The molecule has 0 fully saturated rings. The van der Waals surface area contributed by atoms with Crippen molar-refractivity contribution in [2.45, 2.75) is 40.5 Å². The molecule has 22 heavy (non-hydrogen) atoms. The molecule has 0 saturated carbocycles. The molecule has 0 aliphatic rings. The molecule has 0 amide bonds. The number of aryl methyl sites for hydroxylation is 3. The van der Waals surface area contributed by atoms with Crippen LogP contribution < -0.4 is 0 Å². The van der Waals surface area contributed by atoms with Crippen LogP contribution in [0.3, 0.4) is 0 Å². The third-order valence-corrected chi connectivity index (χ3v) is 4.12. The second-order valence-electron chi connectivity index (χ2n) is 6.53. The summed E-state index contributed by atoms with van der Waals surface area (Å²) in [4.78, 5) is 0. The molecule has 1 unspecified atom stereocenters. The van der Waals surface area contributed by atoms with Gasteiger partial charge in [0, 0.05) is 24.0 Å². The molecule has 1 atom stereocenters. The third-order valence-electron chi connectivity index (χ3n) is 4.12. The maximum Gasteiger partial charge on any atom is 0.122 e. The molecule has 0 saturated heterocycles. The van der Waals surface area contributed by atoms with E-state index < -0.39 is 0 Å².